The summed E-state index contributed by atoms with van der Waals surface area (Å²) in [5.41, 5.74) is 11.8. The van der Waals surface area contributed by atoms with Gasteiger partial charge in [-0.3, -0.25) is 14.2 Å². The molecule has 0 fully saturated rings. The average Bonchev–Trinajstić information content (AvgIpc) is 3.23. The van der Waals surface area contributed by atoms with Gasteiger partial charge in [-0.05, 0) is 55.0 Å². The van der Waals surface area contributed by atoms with Crippen molar-refractivity contribution in [1.29, 1.82) is 0 Å². The lowest BCUT2D eigenvalue weighted by Crippen LogP contribution is -2.28. The lowest BCUT2D eigenvalue weighted by molar-refractivity contribution is -0.137. The van der Waals surface area contributed by atoms with Crippen LogP contribution in [0.15, 0.2) is 65.6 Å². The van der Waals surface area contributed by atoms with E-state index in [4.69, 9.17) is 11.5 Å². The Morgan fingerprint density at radius 1 is 1.06 bits per heavy atom. The maximum absolute atomic E-state index is 13.4. The predicted molar refractivity (Wildman–Crippen MR) is 124 cm³/mol. The largest absolute Gasteiger partial charge is 0.416 e. The van der Waals surface area contributed by atoms with Crippen LogP contribution in [0.5, 0.6) is 0 Å². The van der Waals surface area contributed by atoms with Crippen molar-refractivity contribution in [2.24, 2.45) is 5.73 Å². The molecule has 35 heavy (non-hydrogen) atoms. The summed E-state index contributed by atoms with van der Waals surface area (Å²) in [5, 5.41) is 7.88. The van der Waals surface area contributed by atoms with Crippen LogP contribution in [0.3, 0.4) is 0 Å². The SMILES string of the molecule is Cc1cnnn1-c1cccc(-n2c(C(C)c3cc(N)cc(C(F)(F)F)c3)c(C(N)=O)ccc2=O)c1. The number of rotatable bonds is 5. The lowest BCUT2D eigenvalue weighted by atomic mass is 9.91. The van der Waals surface area contributed by atoms with Gasteiger partial charge in [0.1, 0.15) is 0 Å². The molecule has 1 atom stereocenters. The van der Waals surface area contributed by atoms with Gasteiger partial charge >= 0.3 is 6.18 Å². The highest BCUT2D eigenvalue weighted by Crippen LogP contribution is 2.35. The highest BCUT2D eigenvalue weighted by molar-refractivity contribution is 5.94. The third kappa shape index (κ3) is 4.52. The summed E-state index contributed by atoms with van der Waals surface area (Å²) in [4.78, 5) is 25.4. The third-order valence-corrected chi connectivity index (χ3v) is 5.66. The fourth-order valence-corrected chi connectivity index (χ4v) is 4.01. The molecule has 4 rings (SSSR count). The predicted octanol–water partition coefficient (Wildman–Crippen LogP) is 3.58. The minimum atomic E-state index is -4.63. The van der Waals surface area contributed by atoms with Gasteiger partial charge in [0.05, 0.1) is 34.4 Å². The molecule has 0 aliphatic rings. The van der Waals surface area contributed by atoms with Crippen molar-refractivity contribution < 1.29 is 18.0 Å². The lowest BCUT2D eigenvalue weighted by Gasteiger charge is -2.23. The molecule has 180 valence electrons. The molecule has 0 radical (unpaired) electrons. The number of benzene rings is 2. The van der Waals surface area contributed by atoms with Crippen LogP contribution >= 0.6 is 0 Å². The molecule has 0 spiro atoms. The number of nitrogens with zero attached hydrogens (tertiary/aromatic N) is 4. The molecular weight excluding hydrogens is 461 g/mol. The van der Waals surface area contributed by atoms with Gasteiger partial charge in [0.2, 0.25) is 0 Å². The van der Waals surface area contributed by atoms with Gasteiger partial charge in [-0.2, -0.15) is 13.2 Å². The van der Waals surface area contributed by atoms with E-state index < -0.39 is 29.1 Å². The zero-order chi connectivity index (χ0) is 25.5. The van der Waals surface area contributed by atoms with E-state index in [1.54, 1.807) is 49.0 Å². The Morgan fingerprint density at radius 3 is 2.40 bits per heavy atom. The first-order chi connectivity index (χ1) is 16.5. The van der Waals surface area contributed by atoms with Crippen molar-refractivity contribution in [2.75, 3.05) is 5.73 Å². The second-order valence-corrected chi connectivity index (χ2v) is 8.08. The average molecular weight is 482 g/mol. The molecule has 0 saturated heterocycles. The van der Waals surface area contributed by atoms with Gasteiger partial charge in [-0.1, -0.05) is 18.2 Å². The Hall–Kier alpha value is -4.41. The number of alkyl halides is 3. The van der Waals surface area contributed by atoms with Crippen LogP contribution in [-0.2, 0) is 6.18 Å². The fraction of sp³-hybridized carbons (Fsp3) is 0.167. The molecule has 8 nitrogen and oxygen atoms in total. The number of amides is 1. The summed E-state index contributed by atoms with van der Waals surface area (Å²) in [6.45, 7) is 3.39. The van der Waals surface area contributed by atoms with E-state index in [9.17, 15) is 22.8 Å². The van der Waals surface area contributed by atoms with Crippen molar-refractivity contribution in [2.45, 2.75) is 25.9 Å². The molecule has 2 heterocycles. The van der Waals surface area contributed by atoms with Crippen molar-refractivity contribution in [3.63, 3.8) is 0 Å². The summed E-state index contributed by atoms with van der Waals surface area (Å²) in [7, 11) is 0. The number of nitrogen functional groups attached to an aromatic ring is 1. The van der Waals surface area contributed by atoms with Crippen molar-refractivity contribution >= 4 is 11.6 Å². The number of pyridine rings is 1. The zero-order valence-corrected chi connectivity index (χ0v) is 18.7. The number of carbonyl (C=O) groups excluding carboxylic acids is 1. The first-order valence-electron chi connectivity index (χ1n) is 10.5. The van der Waals surface area contributed by atoms with Gasteiger partial charge in [0, 0.05) is 23.4 Å². The van der Waals surface area contributed by atoms with E-state index in [1.807, 2.05) is 0 Å². The molecule has 1 unspecified atom stereocenters. The number of nitrogens with two attached hydrogens (primary N) is 2. The Kier molecular flexibility index (Phi) is 5.93. The maximum Gasteiger partial charge on any atom is 0.416 e. The Balaban J connectivity index is 1.97. The number of halogens is 3. The van der Waals surface area contributed by atoms with Crippen LogP contribution in [0.4, 0.5) is 18.9 Å². The van der Waals surface area contributed by atoms with Gasteiger partial charge in [0.25, 0.3) is 11.5 Å². The van der Waals surface area contributed by atoms with E-state index in [0.717, 1.165) is 17.8 Å². The standard InChI is InChI=1S/C24H21F3N6O2/c1-13-12-30-31-33(13)19-5-3-4-18(11-19)32-21(34)7-6-20(23(29)35)22(32)14(2)15-8-16(24(25,26)27)10-17(28)9-15/h3-12,14H,28H2,1-2H3,(H2,29,35). The molecule has 0 saturated carbocycles. The molecule has 4 N–H and O–H groups in total. The van der Waals surface area contributed by atoms with Gasteiger partial charge in [-0.25, -0.2) is 4.68 Å². The number of carbonyl (C=O) groups is 1. The number of anilines is 1. The molecule has 2 aromatic heterocycles. The molecule has 0 bridgehead atoms. The molecule has 0 aliphatic heterocycles. The van der Waals surface area contributed by atoms with E-state index in [-0.39, 0.29) is 22.5 Å². The fourth-order valence-electron chi connectivity index (χ4n) is 4.01. The van der Waals surface area contributed by atoms with Crippen molar-refractivity contribution in [3.8, 4) is 11.4 Å². The minimum absolute atomic E-state index is 0.00424. The zero-order valence-electron chi connectivity index (χ0n) is 18.7. The molecular formula is C24H21F3N6O2. The van der Waals surface area contributed by atoms with Crippen LogP contribution in [0.1, 0.15) is 45.7 Å². The Bertz CT molecular complexity index is 1490. The van der Waals surface area contributed by atoms with Crippen molar-refractivity contribution in [1.82, 2.24) is 19.6 Å². The van der Waals surface area contributed by atoms with Crippen molar-refractivity contribution in [3.05, 3.63) is 99.2 Å². The quantitative estimate of drug-likeness (QED) is 0.421. The van der Waals surface area contributed by atoms with Gasteiger partial charge < -0.3 is 11.5 Å². The highest BCUT2D eigenvalue weighted by atomic mass is 19.4. The summed E-state index contributed by atoms with van der Waals surface area (Å²) in [5.74, 6) is -1.68. The number of aromatic nitrogens is 4. The maximum atomic E-state index is 13.4. The van der Waals surface area contributed by atoms with E-state index in [0.29, 0.717) is 11.4 Å². The van der Waals surface area contributed by atoms with E-state index >= 15 is 0 Å². The number of aryl methyl sites for hydroxylation is 1. The Morgan fingerprint density at radius 2 is 1.77 bits per heavy atom. The smallest absolute Gasteiger partial charge is 0.399 e. The van der Waals surface area contributed by atoms with Crippen LogP contribution in [0.2, 0.25) is 0 Å². The topological polar surface area (TPSA) is 122 Å². The van der Waals surface area contributed by atoms with Crippen LogP contribution in [0.25, 0.3) is 11.4 Å². The van der Waals surface area contributed by atoms with Gasteiger partial charge in [-0.15, -0.1) is 5.10 Å². The molecule has 4 aromatic rings. The number of hydrogen-bond acceptors (Lipinski definition) is 5. The molecule has 0 aliphatic carbocycles. The second kappa shape index (κ2) is 8.75. The Labute approximate surface area is 197 Å². The van der Waals surface area contributed by atoms with E-state index in [1.165, 1.54) is 22.8 Å². The van der Waals surface area contributed by atoms with Gasteiger partial charge in [0.15, 0.2) is 0 Å². The number of primary amides is 1. The molecule has 1 amide bonds. The summed E-state index contributed by atoms with van der Waals surface area (Å²) >= 11 is 0. The first-order valence-corrected chi connectivity index (χ1v) is 10.5. The highest BCUT2D eigenvalue weighted by Gasteiger charge is 2.32. The monoisotopic (exact) mass is 482 g/mol. The first kappa shape index (κ1) is 23.7. The third-order valence-electron chi connectivity index (χ3n) is 5.66. The number of hydrogen-bond donors (Lipinski definition) is 2. The summed E-state index contributed by atoms with van der Waals surface area (Å²) < 4.78 is 43.1. The van der Waals surface area contributed by atoms with Crippen LogP contribution < -0.4 is 17.0 Å². The second-order valence-electron chi connectivity index (χ2n) is 8.08. The minimum Gasteiger partial charge on any atom is -0.399 e. The van der Waals surface area contributed by atoms with E-state index in [2.05, 4.69) is 10.3 Å². The molecule has 11 heteroatoms. The van der Waals surface area contributed by atoms with Crippen LogP contribution in [-0.4, -0.2) is 25.5 Å². The normalized spacial score (nSPS) is 12.5. The summed E-state index contributed by atoms with van der Waals surface area (Å²) in [6, 6.07) is 12.3. The molecule has 2 aromatic carbocycles. The van der Waals surface area contributed by atoms with Crippen LogP contribution in [0, 0.1) is 6.92 Å². The summed E-state index contributed by atoms with van der Waals surface area (Å²) in [6.07, 6.45) is -3.06.